The highest BCUT2D eigenvalue weighted by molar-refractivity contribution is 5.89. The second-order valence-electron chi connectivity index (χ2n) is 9.58. The minimum absolute atomic E-state index is 0.0866. The van der Waals surface area contributed by atoms with Crippen molar-refractivity contribution < 1.29 is 4.79 Å². The molecule has 0 radical (unpaired) electrons. The lowest BCUT2D eigenvalue weighted by atomic mass is 9.97. The minimum Gasteiger partial charge on any atom is -0.356 e. The molecular weight excluding hydrogens is 436 g/mol. The molecule has 0 saturated carbocycles. The first-order valence-corrected chi connectivity index (χ1v) is 12.0. The Kier molecular flexibility index (Phi) is 5.91. The number of imidazole rings is 1. The van der Waals surface area contributed by atoms with Crippen molar-refractivity contribution in [2.75, 3.05) is 37.4 Å². The van der Waals surface area contributed by atoms with Gasteiger partial charge in [0, 0.05) is 43.7 Å². The monoisotopic (exact) mass is 466 g/mol. The Hall–Kier alpha value is -3.89. The number of para-hydroxylation sites is 2. The van der Waals surface area contributed by atoms with Gasteiger partial charge in [-0.05, 0) is 62.8 Å². The number of carbonyl (C=O) groups is 1. The third-order valence-electron chi connectivity index (χ3n) is 7.05. The quantitative estimate of drug-likeness (QED) is 0.473. The molecule has 35 heavy (non-hydrogen) atoms. The number of aromatic nitrogens is 2. The van der Waals surface area contributed by atoms with Crippen molar-refractivity contribution in [3.63, 3.8) is 0 Å². The van der Waals surface area contributed by atoms with Gasteiger partial charge in [0.2, 0.25) is 5.91 Å². The van der Waals surface area contributed by atoms with Crippen LogP contribution in [0.2, 0.25) is 0 Å². The Morgan fingerprint density at radius 2 is 1.94 bits per heavy atom. The summed E-state index contributed by atoms with van der Waals surface area (Å²) in [5.74, 6) is 1.04. The van der Waals surface area contributed by atoms with Crippen molar-refractivity contribution >= 4 is 34.1 Å². The first kappa shape index (κ1) is 22.9. The van der Waals surface area contributed by atoms with E-state index in [-0.39, 0.29) is 5.91 Å². The number of pyridine rings is 1. The number of nitrogens with zero attached hydrogens (tertiary/aromatic N) is 5. The maximum absolute atomic E-state index is 11.4. The zero-order valence-electron chi connectivity index (χ0n) is 20.7. The van der Waals surface area contributed by atoms with Crippen molar-refractivity contribution in [3.05, 3.63) is 70.8 Å². The highest BCUT2D eigenvalue weighted by atomic mass is 16.1. The van der Waals surface area contributed by atoms with E-state index in [0.717, 1.165) is 64.4 Å². The summed E-state index contributed by atoms with van der Waals surface area (Å²) in [4.78, 5) is 21.1. The van der Waals surface area contributed by atoms with Crippen molar-refractivity contribution in [1.29, 1.82) is 5.26 Å². The molecule has 0 unspecified atom stereocenters. The zero-order chi connectivity index (χ0) is 24.7. The predicted molar refractivity (Wildman–Crippen MR) is 140 cm³/mol. The van der Waals surface area contributed by atoms with E-state index in [0.29, 0.717) is 18.0 Å². The summed E-state index contributed by atoms with van der Waals surface area (Å²) in [6.07, 6.45) is 1.77. The number of amides is 1. The van der Waals surface area contributed by atoms with E-state index >= 15 is 0 Å². The number of benzene rings is 2. The smallest absolute Gasteiger partial charge is 0.221 e. The van der Waals surface area contributed by atoms with Gasteiger partial charge in [0.25, 0.3) is 0 Å². The van der Waals surface area contributed by atoms with E-state index in [1.807, 2.05) is 49.4 Å². The van der Waals surface area contributed by atoms with E-state index in [1.165, 1.54) is 6.92 Å². The van der Waals surface area contributed by atoms with Gasteiger partial charge in [-0.1, -0.05) is 24.3 Å². The van der Waals surface area contributed by atoms with Crippen LogP contribution in [-0.2, 0) is 11.2 Å². The maximum atomic E-state index is 11.4. The Labute approximate surface area is 205 Å². The van der Waals surface area contributed by atoms with Crippen LogP contribution >= 0.6 is 0 Å². The lowest BCUT2D eigenvalue weighted by molar-refractivity contribution is -0.114. The van der Waals surface area contributed by atoms with Crippen molar-refractivity contribution in [3.8, 4) is 6.07 Å². The topological polar surface area (TPSA) is 76.7 Å². The van der Waals surface area contributed by atoms with Crippen molar-refractivity contribution in [1.82, 2.24) is 14.3 Å². The van der Waals surface area contributed by atoms with Gasteiger partial charge in [0.05, 0.1) is 16.6 Å². The van der Waals surface area contributed by atoms with Crippen LogP contribution in [0.4, 0.5) is 11.5 Å². The molecule has 1 saturated heterocycles. The molecule has 1 fully saturated rings. The summed E-state index contributed by atoms with van der Waals surface area (Å²) in [6.45, 7) is 5.43. The SMILES string of the molecule is CC(=O)Nc1ccc(Cc2c(C)c(C#N)c3nc4ccccc4n3c2N2CC[C@H](N(C)C)C2)cc1. The van der Waals surface area contributed by atoms with E-state index in [4.69, 9.17) is 4.98 Å². The lowest BCUT2D eigenvalue weighted by Crippen LogP contribution is -2.32. The van der Waals surface area contributed by atoms with Gasteiger partial charge in [-0.15, -0.1) is 0 Å². The molecule has 0 aliphatic carbocycles. The molecule has 0 bridgehead atoms. The van der Waals surface area contributed by atoms with Gasteiger partial charge in [0.1, 0.15) is 11.9 Å². The Morgan fingerprint density at radius 3 is 2.60 bits per heavy atom. The fourth-order valence-electron chi connectivity index (χ4n) is 5.18. The Morgan fingerprint density at radius 1 is 1.20 bits per heavy atom. The molecule has 4 aromatic rings. The molecule has 1 amide bonds. The molecular formula is C28H30N6O. The van der Waals surface area contributed by atoms with E-state index in [2.05, 4.69) is 45.7 Å². The molecule has 2 aromatic carbocycles. The van der Waals surface area contributed by atoms with Crippen LogP contribution in [0, 0.1) is 18.3 Å². The molecule has 1 atom stereocenters. The summed E-state index contributed by atoms with van der Waals surface area (Å²) in [5, 5.41) is 13.0. The van der Waals surface area contributed by atoms with Gasteiger partial charge in [0.15, 0.2) is 5.65 Å². The molecule has 1 aliphatic rings. The van der Waals surface area contributed by atoms with Crippen LogP contribution in [0.3, 0.4) is 0 Å². The molecule has 7 nitrogen and oxygen atoms in total. The van der Waals surface area contributed by atoms with Crippen LogP contribution in [0.15, 0.2) is 48.5 Å². The third-order valence-corrected chi connectivity index (χ3v) is 7.05. The normalized spacial score (nSPS) is 15.8. The molecule has 0 spiro atoms. The second kappa shape index (κ2) is 9.05. The highest BCUT2D eigenvalue weighted by Crippen LogP contribution is 2.36. The highest BCUT2D eigenvalue weighted by Gasteiger charge is 2.30. The zero-order valence-corrected chi connectivity index (χ0v) is 20.7. The molecule has 1 aliphatic heterocycles. The van der Waals surface area contributed by atoms with E-state index in [9.17, 15) is 10.1 Å². The third kappa shape index (κ3) is 4.11. The molecule has 1 N–H and O–H groups in total. The van der Waals surface area contributed by atoms with Crippen LogP contribution < -0.4 is 10.2 Å². The number of anilines is 2. The largest absolute Gasteiger partial charge is 0.356 e. The number of carbonyl (C=O) groups excluding carboxylic acids is 1. The van der Waals surface area contributed by atoms with Crippen molar-refractivity contribution in [2.45, 2.75) is 32.7 Å². The summed E-state index contributed by atoms with van der Waals surface area (Å²) in [7, 11) is 4.27. The molecule has 5 rings (SSSR count). The van der Waals surface area contributed by atoms with E-state index < -0.39 is 0 Å². The molecule has 2 aromatic heterocycles. The standard InChI is InChI=1S/C28H30N6O/c1-18-23(15-20-9-11-21(12-10-20)30-19(2)35)28(33-14-13-22(17-33)32(3)4)34-26-8-6-5-7-25(26)31-27(34)24(18)16-29/h5-12,22H,13-15,17H2,1-4H3,(H,30,35)/t22-/m0/s1. The minimum atomic E-state index is -0.0866. The van der Waals surface area contributed by atoms with Crippen molar-refractivity contribution in [2.24, 2.45) is 0 Å². The number of likely N-dealkylation sites (N-methyl/N-ethyl adjacent to an activating group) is 1. The molecule has 3 heterocycles. The fraction of sp³-hybridized carbons (Fsp3) is 0.321. The fourth-order valence-corrected chi connectivity index (χ4v) is 5.18. The van der Waals surface area contributed by atoms with Crippen LogP contribution in [0.5, 0.6) is 0 Å². The Balaban J connectivity index is 1.71. The van der Waals surface area contributed by atoms with Gasteiger partial charge < -0.3 is 15.1 Å². The Bertz CT molecular complexity index is 1460. The van der Waals surface area contributed by atoms with Crippen LogP contribution in [0.25, 0.3) is 16.7 Å². The number of hydrogen-bond donors (Lipinski definition) is 1. The maximum Gasteiger partial charge on any atom is 0.221 e. The molecule has 178 valence electrons. The molecule has 7 heteroatoms. The van der Waals surface area contributed by atoms with Gasteiger partial charge in [-0.25, -0.2) is 4.98 Å². The number of fused-ring (bicyclic) bond motifs is 3. The number of nitrogens with one attached hydrogen (secondary N) is 1. The summed E-state index contributed by atoms with van der Waals surface area (Å²) >= 11 is 0. The van der Waals surface area contributed by atoms with Crippen LogP contribution in [0.1, 0.15) is 35.6 Å². The van der Waals surface area contributed by atoms with E-state index in [1.54, 1.807) is 0 Å². The number of hydrogen-bond acceptors (Lipinski definition) is 5. The lowest BCUT2D eigenvalue weighted by Gasteiger charge is -2.27. The predicted octanol–water partition coefficient (Wildman–Crippen LogP) is 4.36. The van der Waals surface area contributed by atoms with Gasteiger partial charge in [-0.3, -0.25) is 9.20 Å². The van der Waals surface area contributed by atoms with Gasteiger partial charge in [-0.2, -0.15) is 5.26 Å². The first-order chi connectivity index (χ1) is 16.9. The average Bonchev–Trinajstić information content (AvgIpc) is 3.46. The average molecular weight is 467 g/mol. The number of rotatable bonds is 5. The van der Waals surface area contributed by atoms with Crippen LogP contribution in [-0.4, -0.2) is 53.4 Å². The summed E-state index contributed by atoms with van der Waals surface area (Å²) in [5.41, 5.74) is 7.28. The summed E-state index contributed by atoms with van der Waals surface area (Å²) in [6, 6.07) is 19.0. The number of nitriles is 1. The second-order valence-corrected chi connectivity index (χ2v) is 9.58. The van der Waals surface area contributed by atoms with Gasteiger partial charge >= 0.3 is 0 Å². The summed E-state index contributed by atoms with van der Waals surface area (Å²) < 4.78 is 2.19. The first-order valence-electron chi connectivity index (χ1n) is 12.0.